The predicted octanol–water partition coefficient (Wildman–Crippen LogP) is 2.29. The summed E-state index contributed by atoms with van der Waals surface area (Å²) in [4.78, 5) is 27.6. The van der Waals surface area contributed by atoms with Crippen LogP contribution in [-0.2, 0) is 6.54 Å². The quantitative estimate of drug-likeness (QED) is 0.822. The smallest absolute Gasteiger partial charge is 0.335 e. The molecule has 28 heavy (non-hydrogen) atoms. The van der Waals surface area contributed by atoms with Gasteiger partial charge in [0.05, 0.1) is 11.6 Å². The van der Waals surface area contributed by atoms with Crippen molar-refractivity contribution in [2.75, 3.05) is 25.0 Å². The maximum atomic E-state index is 12.6. The number of anilines is 1. The van der Waals surface area contributed by atoms with Crippen LogP contribution in [0.2, 0.25) is 0 Å². The van der Waals surface area contributed by atoms with Crippen LogP contribution in [-0.4, -0.2) is 58.4 Å². The van der Waals surface area contributed by atoms with Crippen LogP contribution in [0.3, 0.4) is 0 Å². The number of hydrogen-bond donors (Lipinski definition) is 2. The van der Waals surface area contributed by atoms with E-state index in [9.17, 15) is 9.59 Å². The minimum absolute atomic E-state index is 0.0897. The molecule has 1 atom stereocenters. The fourth-order valence-corrected chi connectivity index (χ4v) is 3.48. The van der Waals surface area contributed by atoms with Gasteiger partial charge in [-0.2, -0.15) is 5.10 Å². The van der Waals surface area contributed by atoms with Gasteiger partial charge in [-0.05, 0) is 49.1 Å². The molecule has 0 aliphatic carbocycles. The molecule has 3 rings (SSSR count). The minimum atomic E-state index is -0.947. The van der Waals surface area contributed by atoms with Gasteiger partial charge in [0, 0.05) is 32.9 Å². The van der Waals surface area contributed by atoms with E-state index in [2.05, 4.69) is 20.4 Å². The summed E-state index contributed by atoms with van der Waals surface area (Å²) in [5, 5.41) is 20.1. The van der Waals surface area contributed by atoms with Gasteiger partial charge in [-0.15, -0.1) is 5.10 Å². The van der Waals surface area contributed by atoms with Crippen LogP contribution in [0.15, 0.2) is 36.5 Å². The highest BCUT2D eigenvalue weighted by Gasteiger charge is 2.26. The molecule has 1 unspecified atom stereocenters. The van der Waals surface area contributed by atoms with Crippen LogP contribution in [0.5, 0.6) is 0 Å². The third-order valence-corrected chi connectivity index (χ3v) is 5.11. The van der Waals surface area contributed by atoms with Crippen LogP contribution in [0.4, 0.5) is 10.6 Å². The van der Waals surface area contributed by atoms with E-state index in [1.807, 2.05) is 12.1 Å². The monoisotopic (exact) mass is 383 g/mol. The van der Waals surface area contributed by atoms with Gasteiger partial charge in [0.1, 0.15) is 0 Å². The number of benzene rings is 1. The van der Waals surface area contributed by atoms with Gasteiger partial charge in [-0.1, -0.05) is 12.1 Å². The van der Waals surface area contributed by atoms with Gasteiger partial charge in [0.15, 0.2) is 5.82 Å². The Balaban J connectivity index is 1.57. The second-order valence-electron chi connectivity index (χ2n) is 7.05. The zero-order valence-electron chi connectivity index (χ0n) is 16.1. The molecule has 2 aromatic rings. The third kappa shape index (κ3) is 4.57. The highest BCUT2D eigenvalue weighted by atomic mass is 16.4. The Labute approximate surface area is 164 Å². The number of rotatable bonds is 5. The number of nitrogens with zero attached hydrogens (tertiary/aromatic N) is 4. The first-order valence-corrected chi connectivity index (χ1v) is 9.32. The third-order valence-electron chi connectivity index (χ3n) is 5.11. The van der Waals surface area contributed by atoms with Crippen molar-refractivity contribution in [1.29, 1.82) is 0 Å². The number of carboxylic acid groups (broad SMARTS) is 1. The number of aryl methyl sites for hydroxylation is 1. The Bertz CT molecular complexity index is 843. The maximum Gasteiger partial charge on any atom is 0.335 e. The van der Waals surface area contributed by atoms with Crippen LogP contribution in [0.25, 0.3) is 0 Å². The highest BCUT2D eigenvalue weighted by molar-refractivity contribution is 5.89. The number of aromatic nitrogens is 2. The number of likely N-dealkylation sites (N-methyl/N-ethyl adjacent to an activating group) is 1. The first-order chi connectivity index (χ1) is 13.5. The SMILES string of the molecule is Cc1cc(CNC(=O)N(C)C2CCCN(c3cccnn3)C2)ccc1C(=O)O. The van der Waals surface area contributed by atoms with E-state index >= 15 is 0 Å². The fraction of sp³-hybridized carbons (Fsp3) is 0.400. The Morgan fingerprint density at radius 3 is 2.86 bits per heavy atom. The number of urea groups is 1. The lowest BCUT2D eigenvalue weighted by Gasteiger charge is -2.37. The number of hydrogen-bond acceptors (Lipinski definition) is 5. The standard InChI is InChI=1S/C20H25N5O3/c1-14-11-15(7-8-17(14)19(26)27)12-21-20(28)24(2)16-5-4-10-25(13-16)18-6-3-9-22-23-18/h3,6-9,11,16H,4-5,10,12-13H2,1-2H3,(H,21,28)(H,26,27). The van der Waals surface area contributed by atoms with Crippen molar-refractivity contribution in [3.8, 4) is 0 Å². The molecule has 0 spiro atoms. The molecule has 2 amide bonds. The van der Waals surface area contributed by atoms with Gasteiger partial charge in [0.2, 0.25) is 0 Å². The lowest BCUT2D eigenvalue weighted by atomic mass is 10.0. The molecule has 1 aromatic heterocycles. The number of carboxylic acids is 1. The number of aromatic carboxylic acids is 1. The van der Waals surface area contributed by atoms with Crippen molar-refractivity contribution in [3.05, 3.63) is 53.2 Å². The number of carbonyl (C=O) groups excluding carboxylic acids is 1. The van der Waals surface area contributed by atoms with Crippen LogP contribution in [0, 0.1) is 6.92 Å². The zero-order chi connectivity index (χ0) is 20.1. The van der Waals surface area contributed by atoms with Gasteiger partial charge < -0.3 is 20.2 Å². The molecular formula is C20H25N5O3. The summed E-state index contributed by atoms with van der Waals surface area (Å²) in [6.45, 7) is 3.73. The molecule has 1 fully saturated rings. The molecule has 1 aromatic carbocycles. The number of piperidine rings is 1. The second kappa shape index (κ2) is 8.69. The molecule has 2 heterocycles. The zero-order valence-corrected chi connectivity index (χ0v) is 16.1. The Morgan fingerprint density at radius 1 is 1.36 bits per heavy atom. The molecule has 1 aliphatic rings. The van der Waals surface area contributed by atoms with Gasteiger partial charge >= 0.3 is 12.0 Å². The highest BCUT2D eigenvalue weighted by Crippen LogP contribution is 2.20. The molecule has 1 aliphatic heterocycles. The van der Waals surface area contributed by atoms with E-state index in [4.69, 9.17) is 5.11 Å². The largest absolute Gasteiger partial charge is 0.478 e. The summed E-state index contributed by atoms with van der Waals surface area (Å²) in [7, 11) is 1.80. The maximum absolute atomic E-state index is 12.6. The van der Waals surface area contributed by atoms with Crippen LogP contribution >= 0.6 is 0 Å². The fourth-order valence-electron chi connectivity index (χ4n) is 3.48. The van der Waals surface area contributed by atoms with E-state index in [0.29, 0.717) is 12.1 Å². The van der Waals surface area contributed by atoms with Crippen molar-refractivity contribution >= 4 is 17.8 Å². The van der Waals surface area contributed by atoms with E-state index < -0.39 is 5.97 Å². The summed E-state index contributed by atoms with van der Waals surface area (Å²) in [6, 6.07) is 8.83. The van der Waals surface area contributed by atoms with Gasteiger partial charge in [-0.25, -0.2) is 9.59 Å². The number of carbonyl (C=O) groups is 2. The molecule has 148 valence electrons. The molecule has 0 radical (unpaired) electrons. The van der Waals surface area contributed by atoms with Crippen molar-refractivity contribution in [2.24, 2.45) is 0 Å². The van der Waals surface area contributed by atoms with E-state index in [1.165, 1.54) is 0 Å². The molecule has 8 nitrogen and oxygen atoms in total. The summed E-state index contributed by atoms with van der Waals surface area (Å²) < 4.78 is 0. The summed E-state index contributed by atoms with van der Waals surface area (Å²) in [5.74, 6) is -0.118. The Hall–Kier alpha value is -3.16. The molecule has 0 bridgehead atoms. The number of amides is 2. The van der Waals surface area contributed by atoms with Crippen molar-refractivity contribution < 1.29 is 14.7 Å². The Morgan fingerprint density at radius 2 is 2.18 bits per heavy atom. The average molecular weight is 383 g/mol. The minimum Gasteiger partial charge on any atom is -0.478 e. The van der Waals surface area contributed by atoms with Gasteiger partial charge in [0.25, 0.3) is 0 Å². The first kappa shape index (κ1) is 19.6. The first-order valence-electron chi connectivity index (χ1n) is 9.32. The number of nitrogens with one attached hydrogen (secondary N) is 1. The summed E-state index contributed by atoms with van der Waals surface area (Å²) in [6.07, 6.45) is 3.57. The molecule has 1 saturated heterocycles. The van der Waals surface area contributed by atoms with Crippen molar-refractivity contribution in [1.82, 2.24) is 20.4 Å². The summed E-state index contributed by atoms with van der Waals surface area (Å²) in [5.41, 5.74) is 1.83. The second-order valence-corrected chi connectivity index (χ2v) is 7.05. The van der Waals surface area contributed by atoms with Crippen molar-refractivity contribution in [3.63, 3.8) is 0 Å². The van der Waals surface area contributed by atoms with Crippen LogP contribution < -0.4 is 10.2 Å². The van der Waals surface area contributed by atoms with E-state index in [1.54, 1.807) is 43.3 Å². The van der Waals surface area contributed by atoms with Gasteiger partial charge in [-0.3, -0.25) is 0 Å². The Kier molecular flexibility index (Phi) is 6.08. The predicted molar refractivity (Wildman–Crippen MR) is 105 cm³/mol. The van der Waals surface area contributed by atoms with E-state index in [-0.39, 0.29) is 17.6 Å². The average Bonchev–Trinajstić information content (AvgIpc) is 2.72. The van der Waals surface area contributed by atoms with E-state index in [0.717, 1.165) is 37.3 Å². The molecule has 0 saturated carbocycles. The summed E-state index contributed by atoms with van der Waals surface area (Å²) >= 11 is 0. The molecule has 8 heteroatoms. The molecular weight excluding hydrogens is 358 g/mol. The normalized spacial score (nSPS) is 16.5. The lowest BCUT2D eigenvalue weighted by molar-refractivity contribution is 0.0696. The topological polar surface area (TPSA) is 98.7 Å². The molecule has 2 N–H and O–H groups in total. The van der Waals surface area contributed by atoms with Crippen molar-refractivity contribution in [2.45, 2.75) is 32.4 Å². The lowest BCUT2D eigenvalue weighted by Crippen LogP contribution is -2.51. The van der Waals surface area contributed by atoms with Crippen LogP contribution in [0.1, 0.15) is 34.3 Å².